The highest BCUT2D eigenvalue weighted by Gasteiger charge is 2.47. The van der Waals surface area contributed by atoms with Gasteiger partial charge >= 0.3 is 5.97 Å². The van der Waals surface area contributed by atoms with E-state index in [-0.39, 0.29) is 31.2 Å². The molecule has 3 rings (SSSR count). The average molecular weight is 501 g/mol. The number of fused-ring (bicyclic) bond motifs is 1. The number of amides is 1. The van der Waals surface area contributed by atoms with Crippen LogP contribution in [0.4, 0.5) is 0 Å². The van der Waals surface area contributed by atoms with E-state index >= 15 is 0 Å². The first kappa shape index (κ1) is 28.0. The predicted octanol–water partition coefficient (Wildman–Crippen LogP) is 5.45. The van der Waals surface area contributed by atoms with Crippen LogP contribution in [-0.4, -0.2) is 65.8 Å². The summed E-state index contributed by atoms with van der Waals surface area (Å²) in [6.07, 6.45) is 8.77. The minimum absolute atomic E-state index is 0.109. The Balaban J connectivity index is 1.86. The lowest BCUT2D eigenvalue weighted by atomic mass is 9.83. The third-order valence-electron chi connectivity index (χ3n) is 7.63. The highest BCUT2D eigenvalue weighted by molar-refractivity contribution is 5.79. The van der Waals surface area contributed by atoms with E-state index in [1.165, 1.54) is 5.57 Å². The van der Waals surface area contributed by atoms with Gasteiger partial charge in [0.2, 0.25) is 12.7 Å². The van der Waals surface area contributed by atoms with Gasteiger partial charge in [-0.2, -0.15) is 0 Å². The SMILES string of the molecule is CCCCN(CCCC)C(=O)CN1C[C@H](c2ccc3c(c2)OCO3)[C@@H](C(=O)O)[C@@H]1CC/C=C(\C)CC. The largest absolute Gasteiger partial charge is 0.481 e. The van der Waals surface area contributed by atoms with Crippen molar-refractivity contribution in [1.29, 1.82) is 0 Å². The number of hydrogen-bond acceptors (Lipinski definition) is 5. The number of unbranched alkanes of at least 4 members (excludes halogenated alkanes) is 2. The molecular weight excluding hydrogens is 456 g/mol. The fourth-order valence-electron chi connectivity index (χ4n) is 5.31. The first-order chi connectivity index (χ1) is 17.4. The molecule has 1 N–H and O–H groups in total. The molecule has 1 aromatic rings. The van der Waals surface area contributed by atoms with Crippen LogP contribution in [0.3, 0.4) is 0 Å². The quantitative estimate of drug-likeness (QED) is 0.342. The topological polar surface area (TPSA) is 79.3 Å². The molecule has 3 atom stereocenters. The molecule has 1 saturated heterocycles. The summed E-state index contributed by atoms with van der Waals surface area (Å²) in [7, 11) is 0. The van der Waals surface area contributed by atoms with Crippen LogP contribution < -0.4 is 9.47 Å². The first-order valence-corrected chi connectivity index (χ1v) is 13.7. The number of allylic oxidation sites excluding steroid dienone is 2. The van der Waals surface area contributed by atoms with E-state index in [4.69, 9.17) is 9.47 Å². The van der Waals surface area contributed by atoms with Crippen LogP contribution in [0.5, 0.6) is 11.5 Å². The van der Waals surface area contributed by atoms with Crippen LogP contribution in [0.15, 0.2) is 29.8 Å². The van der Waals surface area contributed by atoms with E-state index < -0.39 is 11.9 Å². The van der Waals surface area contributed by atoms with Crippen molar-refractivity contribution >= 4 is 11.9 Å². The van der Waals surface area contributed by atoms with Gasteiger partial charge in [0.15, 0.2) is 11.5 Å². The maximum atomic E-state index is 13.4. The molecule has 1 amide bonds. The fraction of sp³-hybridized carbons (Fsp3) is 0.655. The molecule has 2 aliphatic rings. The molecule has 2 heterocycles. The summed E-state index contributed by atoms with van der Waals surface area (Å²) in [6, 6.07) is 5.53. The lowest BCUT2D eigenvalue weighted by molar-refractivity contribution is -0.143. The summed E-state index contributed by atoms with van der Waals surface area (Å²) in [4.78, 5) is 30.2. The zero-order chi connectivity index (χ0) is 26.1. The van der Waals surface area contributed by atoms with Crippen molar-refractivity contribution in [1.82, 2.24) is 9.80 Å². The summed E-state index contributed by atoms with van der Waals surface area (Å²) < 4.78 is 11.0. The van der Waals surface area contributed by atoms with Crippen LogP contribution in [0.1, 0.15) is 84.1 Å². The Morgan fingerprint density at radius 1 is 1.11 bits per heavy atom. The molecule has 0 bridgehead atoms. The van der Waals surface area contributed by atoms with Crippen molar-refractivity contribution in [2.75, 3.05) is 33.0 Å². The number of aliphatic carboxylic acids is 1. The highest BCUT2D eigenvalue weighted by Crippen LogP contribution is 2.43. The van der Waals surface area contributed by atoms with Gasteiger partial charge in [-0.05, 0) is 56.7 Å². The summed E-state index contributed by atoms with van der Waals surface area (Å²) in [6.45, 7) is 11.0. The first-order valence-electron chi connectivity index (χ1n) is 13.7. The molecule has 1 fully saturated rings. The average Bonchev–Trinajstić information content (AvgIpc) is 3.48. The molecule has 0 radical (unpaired) electrons. The molecule has 7 nitrogen and oxygen atoms in total. The molecular formula is C29H44N2O5. The smallest absolute Gasteiger partial charge is 0.308 e. The number of nitrogens with zero attached hydrogens (tertiary/aromatic N) is 2. The fourth-order valence-corrected chi connectivity index (χ4v) is 5.31. The van der Waals surface area contributed by atoms with E-state index in [0.717, 1.165) is 57.2 Å². The van der Waals surface area contributed by atoms with Gasteiger partial charge < -0.3 is 19.5 Å². The summed E-state index contributed by atoms with van der Waals surface area (Å²) in [5.41, 5.74) is 2.24. The van der Waals surface area contributed by atoms with Gasteiger partial charge in [-0.1, -0.05) is 51.3 Å². The molecule has 0 spiro atoms. The van der Waals surface area contributed by atoms with Gasteiger partial charge in [-0.3, -0.25) is 14.5 Å². The highest BCUT2D eigenvalue weighted by atomic mass is 16.7. The number of rotatable bonds is 14. The lowest BCUT2D eigenvalue weighted by Gasteiger charge is -2.29. The Labute approximate surface area is 216 Å². The van der Waals surface area contributed by atoms with E-state index in [1.807, 2.05) is 23.1 Å². The van der Waals surface area contributed by atoms with E-state index in [9.17, 15) is 14.7 Å². The molecule has 1 aromatic carbocycles. The van der Waals surface area contributed by atoms with Crippen molar-refractivity contribution in [3.63, 3.8) is 0 Å². The summed E-state index contributed by atoms with van der Waals surface area (Å²) in [5.74, 6) is -0.149. The molecule has 0 aromatic heterocycles. The van der Waals surface area contributed by atoms with Crippen molar-refractivity contribution in [3.8, 4) is 11.5 Å². The molecule has 36 heavy (non-hydrogen) atoms. The number of likely N-dealkylation sites (tertiary alicyclic amines) is 1. The van der Waals surface area contributed by atoms with Gasteiger partial charge in [0, 0.05) is 31.6 Å². The summed E-state index contributed by atoms with van der Waals surface area (Å²) >= 11 is 0. The minimum atomic E-state index is -0.803. The third kappa shape index (κ3) is 7.02. The number of ether oxygens (including phenoxy) is 2. The van der Waals surface area contributed by atoms with Crippen molar-refractivity contribution in [2.45, 2.75) is 84.6 Å². The molecule has 7 heteroatoms. The maximum absolute atomic E-state index is 13.4. The number of hydrogen-bond donors (Lipinski definition) is 1. The Morgan fingerprint density at radius 3 is 2.44 bits per heavy atom. The summed E-state index contributed by atoms with van der Waals surface area (Å²) in [5, 5.41) is 10.4. The third-order valence-corrected chi connectivity index (χ3v) is 7.63. The second kappa shape index (κ2) is 13.7. The van der Waals surface area contributed by atoms with Gasteiger partial charge in [-0.15, -0.1) is 0 Å². The second-order valence-corrected chi connectivity index (χ2v) is 10.1. The number of carbonyl (C=O) groups is 2. The maximum Gasteiger partial charge on any atom is 0.308 e. The second-order valence-electron chi connectivity index (χ2n) is 10.1. The van der Waals surface area contributed by atoms with Crippen molar-refractivity contribution in [2.24, 2.45) is 5.92 Å². The van der Waals surface area contributed by atoms with Crippen molar-refractivity contribution in [3.05, 3.63) is 35.4 Å². The van der Waals surface area contributed by atoms with Crippen LogP contribution >= 0.6 is 0 Å². The van der Waals surface area contributed by atoms with Crippen LogP contribution in [-0.2, 0) is 9.59 Å². The van der Waals surface area contributed by atoms with Gasteiger partial charge in [-0.25, -0.2) is 0 Å². The zero-order valence-corrected chi connectivity index (χ0v) is 22.5. The lowest BCUT2D eigenvalue weighted by Crippen LogP contribution is -2.44. The Kier molecular flexibility index (Phi) is 10.7. The van der Waals surface area contributed by atoms with Gasteiger partial charge in [0.05, 0.1) is 12.5 Å². The molecule has 200 valence electrons. The number of carboxylic acid groups (broad SMARTS) is 1. The molecule has 2 aliphatic heterocycles. The number of carboxylic acids is 1. The van der Waals surface area contributed by atoms with Gasteiger partial charge in [0.1, 0.15) is 0 Å². The molecule has 0 saturated carbocycles. The standard InChI is InChI=1S/C29H44N2O5/c1-5-8-15-30(16-9-6-2)27(32)19-31-18-23(22-13-14-25-26(17-22)36-20-35-25)28(29(33)34)24(31)12-10-11-21(4)7-3/h11,13-14,17,23-24,28H,5-10,12,15-16,18-20H2,1-4H3,(H,33,34)/b21-11+/t23-,24+,28-/m1/s1. The van der Waals surface area contributed by atoms with E-state index in [1.54, 1.807) is 0 Å². The normalized spacial score (nSPS) is 21.7. The Morgan fingerprint density at radius 2 is 1.81 bits per heavy atom. The number of benzene rings is 1. The van der Waals surface area contributed by atoms with Crippen molar-refractivity contribution < 1.29 is 24.2 Å². The molecule has 0 unspecified atom stereocenters. The van der Waals surface area contributed by atoms with E-state index in [2.05, 4.69) is 38.7 Å². The monoisotopic (exact) mass is 500 g/mol. The minimum Gasteiger partial charge on any atom is -0.481 e. The van der Waals surface area contributed by atoms with Crippen LogP contribution in [0.2, 0.25) is 0 Å². The van der Waals surface area contributed by atoms with Crippen LogP contribution in [0, 0.1) is 5.92 Å². The molecule has 0 aliphatic carbocycles. The van der Waals surface area contributed by atoms with E-state index in [0.29, 0.717) is 24.5 Å². The number of carbonyl (C=O) groups excluding carboxylic acids is 1. The Bertz CT molecular complexity index is 907. The predicted molar refractivity (Wildman–Crippen MR) is 141 cm³/mol. The Hall–Kier alpha value is -2.54. The van der Waals surface area contributed by atoms with Gasteiger partial charge in [0.25, 0.3) is 0 Å². The zero-order valence-electron chi connectivity index (χ0n) is 22.5. The van der Waals surface area contributed by atoms with Crippen LogP contribution in [0.25, 0.3) is 0 Å².